The Bertz CT molecular complexity index is 1140. The monoisotopic (exact) mass is 537 g/mol. The van der Waals surface area contributed by atoms with Crippen molar-refractivity contribution in [2.24, 2.45) is 5.41 Å². The second-order valence-corrected chi connectivity index (χ2v) is 11.1. The molecule has 1 saturated heterocycles. The molecule has 4 rings (SSSR count). The van der Waals surface area contributed by atoms with E-state index in [0.717, 1.165) is 25.4 Å². The smallest absolute Gasteiger partial charge is 0.249 e. The second-order valence-electron chi connectivity index (χ2n) is 8.78. The number of methoxy groups -OCH3 is 1. The number of piperidine rings is 1. The first-order valence-electron chi connectivity index (χ1n) is 11.5. The van der Waals surface area contributed by atoms with Gasteiger partial charge in [-0.3, -0.25) is 15.0 Å². The van der Waals surface area contributed by atoms with Crippen LogP contribution in [0, 0.1) is 5.41 Å². The lowest BCUT2D eigenvalue weighted by molar-refractivity contribution is -0.143. The number of hydrogen-bond donors (Lipinski definition) is 2. The quantitative estimate of drug-likeness (QED) is 0.184. The van der Waals surface area contributed by atoms with Crippen LogP contribution in [0.5, 0.6) is 5.75 Å². The topological polar surface area (TPSA) is 74.7 Å². The number of aromatic nitrogens is 1. The highest BCUT2D eigenvalue weighted by atomic mass is 35.5. The minimum atomic E-state index is -1.39. The molecule has 3 aromatic rings. The summed E-state index contributed by atoms with van der Waals surface area (Å²) in [4.78, 5) is 20.6. The SMILES string of the molecule is COc1ccc2ncc(Cl)c(C(F)CCC3(C(=O)NO)CCN(CCSc4ccsc4)CC3)c2c1. The number of thioether (sulfide) groups is 1. The fraction of sp³-hybridized carbons (Fsp3) is 0.440. The van der Waals surface area contributed by atoms with Gasteiger partial charge in [0, 0.05) is 39.7 Å². The van der Waals surface area contributed by atoms with E-state index in [1.54, 1.807) is 36.6 Å². The number of halogens is 2. The molecule has 35 heavy (non-hydrogen) atoms. The summed E-state index contributed by atoms with van der Waals surface area (Å²) in [5.41, 5.74) is 2.01. The Balaban J connectivity index is 1.42. The molecule has 10 heteroatoms. The first-order chi connectivity index (χ1) is 17.0. The third kappa shape index (κ3) is 6.09. The summed E-state index contributed by atoms with van der Waals surface area (Å²) in [5, 5.41) is 14.5. The zero-order valence-electron chi connectivity index (χ0n) is 19.5. The molecule has 0 aliphatic carbocycles. The highest BCUT2D eigenvalue weighted by Gasteiger charge is 2.41. The van der Waals surface area contributed by atoms with Gasteiger partial charge < -0.3 is 9.64 Å². The maximum Gasteiger partial charge on any atom is 0.249 e. The molecule has 0 spiro atoms. The maximum absolute atomic E-state index is 15.7. The third-order valence-corrected chi connectivity index (χ3v) is 8.93. The number of thiophene rings is 1. The molecule has 1 aliphatic heterocycles. The van der Waals surface area contributed by atoms with Gasteiger partial charge in [0.1, 0.15) is 11.9 Å². The Kier molecular flexibility index (Phi) is 8.88. The molecule has 1 aromatic carbocycles. The van der Waals surface area contributed by atoms with Gasteiger partial charge in [0.15, 0.2) is 0 Å². The zero-order chi connectivity index (χ0) is 24.8. The highest BCUT2D eigenvalue weighted by Crippen LogP contribution is 2.42. The number of amides is 1. The maximum atomic E-state index is 15.7. The van der Waals surface area contributed by atoms with Crippen LogP contribution in [0.15, 0.2) is 46.1 Å². The molecule has 0 saturated carbocycles. The Hall–Kier alpha value is -1.91. The number of likely N-dealkylation sites (tertiary alicyclic amines) is 1. The lowest BCUT2D eigenvalue weighted by Gasteiger charge is -2.40. The predicted octanol–water partition coefficient (Wildman–Crippen LogP) is 6.13. The van der Waals surface area contributed by atoms with Crippen LogP contribution in [-0.4, -0.2) is 53.5 Å². The number of pyridine rings is 1. The number of rotatable bonds is 10. The fourth-order valence-electron chi connectivity index (χ4n) is 4.70. The molecule has 1 fully saturated rings. The van der Waals surface area contributed by atoms with E-state index in [2.05, 4.69) is 26.7 Å². The molecule has 0 radical (unpaired) electrons. The molecular weight excluding hydrogens is 509 g/mol. The summed E-state index contributed by atoms with van der Waals surface area (Å²) < 4.78 is 21.0. The van der Waals surface area contributed by atoms with Gasteiger partial charge in [0.05, 0.1) is 23.1 Å². The molecule has 1 amide bonds. The van der Waals surface area contributed by atoms with Crippen LogP contribution in [0.1, 0.15) is 37.4 Å². The summed E-state index contributed by atoms with van der Waals surface area (Å²) in [6.45, 7) is 2.37. The van der Waals surface area contributed by atoms with Crippen molar-refractivity contribution in [3.05, 3.63) is 51.8 Å². The van der Waals surface area contributed by atoms with E-state index >= 15 is 4.39 Å². The number of carbonyl (C=O) groups excluding carboxylic acids is 1. The van der Waals surface area contributed by atoms with E-state index in [4.69, 9.17) is 16.3 Å². The molecule has 6 nitrogen and oxygen atoms in total. The van der Waals surface area contributed by atoms with Crippen molar-refractivity contribution >= 4 is 51.5 Å². The van der Waals surface area contributed by atoms with Crippen LogP contribution >= 0.6 is 34.7 Å². The number of alkyl halides is 1. The van der Waals surface area contributed by atoms with Gasteiger partial charge in [-0.25, -0.2) is 9.87 Å². The molecule has 188 valence electrons. The Morgan fingerprint density at radius 2 is 2.20 bits per heavy atom. The van der Waals surface area contributed by atoms with Crippen molar-refractivity contribution in [3.8, 4) is 5.75 Å². The summed E-state index contributed by atoms with van der Waals surface area (Å²) in [7, 11) is 1.55. The number of fused-ring (bicyclic) bond motifs is 1. The lowest BCUT2D eigenvalue weighted by Crippen LogP contribution is -2.48. The number of hydrogen-bond acceptors (Lipinski definition) is 7. The Labute approximate surface area is 217 Å². The van der Waals surface area contributed by atoms with Crippen molar-refractivity contribution < 1.29 is 19.1 Å². The highest BCUT2D eigenvalue weighted by molar-refractivity contribution is 7.99. The summed E-state index contributed by atoms with van der Waals surface area (Å²) in [5.74, 6) is 1.12. The van der Waals surface area contributed by atoms with E-state index in [-0.39, 0.29) is 11.4 Å². The first-order valence-corrected chi connectivity index (χ1v) is 13.8. The van der Waals surface area contributed by atoms with Gasteiger partial charge in [-0.2, -0.15) is 11.3 Å². The van der Waals surface area contributed by atoms with Gasteiger partial charge in [0.2, 0.25) is 5.91 Å². The van der Waals surface area contributed by atoms with Crippen LogP contribution < -0.4 is 10.2 Å². The van der Waals surface area contributed by atoms with E-state index in [1.165, 1.54) is 11.1 Å². The minimum Gasteiger partial charge on any atom is -0.497 e. The number of nitrogens with zero attached hydrogens (tertiary/aromatic N) is 2. The Morgan fingerprint density at radius 1 is 1.40 bits per heavy atom. The molecule has 3 heterocycles. The van der Waals surface area contributed by atoms with Crippen molar-refractivity contribution in [1.82, 2.24) is 15.4 Å². The van der Waals surface area contributed by atoms with Crippen molar-refractivity contribution in [1.29, 1.82) is 0 Å². The summed E-state index contributed by atoms with van der Waals surface area (Å²) in [6, 6.07) is 7.39. The van der Waals surface area contributed by atoms with Crippen LogP contribution in [-0.2, 0) is 4.79 Å². The molecule has 2 aromatic heterocycles. The molecular formula is C25H29ClFN3O3S2. The van der Waals surface area contributed by atoms with Crippen LogP contribution in [0.25, 0.3) is 10.9 Å². The lowest BCUT2D eigenvalue weighted by atomic mass is 9.73. The van der Waals surface area contributed by atoms with Gasteiger partial charge in [0.25, 0.3) is 0 Å². The molecule has 2 N–H and O–H groups in total. The molecule has 0 bridgehead atoms. The molecule has 1 unspecified atom stereocenters. The van der Waals surface area contributed by atoms with Gasteiger partial charge in [-0.05, 0) is 68.4 Å². The average Bonchev–Trinajstić information content (AvgIpc) is 3.40. The van der Waals surface area contributed by atoms with E-state index in [1.807, 2.05) is 17.2 Å². The number of hydroxylamine groups is 1. The number of nitrogens with one attached hydrogen (secondary N) is 1. The third-order valence-electron chi connectivity index (χ3n) is 6.83. The average molecular weight is 538 g/mol. The van der Waals surface area contributed by atoms with E-state index in [9.17, 15) is 10.0 Å². The van der Waals surface area contributed by atoms with Gasteiger partial charge in [-0.1, -0.05) is 11.6 Å². The largest absolute Gasteiger partial charge is 0.497 e. The number of benzene rings is 1. The number of carbonyl (C=O) groups is 1. The first kappa shape index (κ1) is 26.2. The normalized spacial score (nSPS) is 16.8. The van der Waals surface area contributed by atoms with Crippen molar-refractivity contribution in [2.45, 2.75) is 36.8 Å². The van der Waals surface area contributed by atoms with Gasteiger partial charge in [-0.15, -0.1) is 11.8 Å². The standard InChI is InChI=1S/C25H29ClFN3O3S2/c1-33-17-2-3-22-19(14-17)23(20(26)15-28-22)21(27)4-6-25(24(31)29-32)7-9-30(10-8-25)11-13-35-18-5-12-34-16-18/h2-3,5,12,14-16,21,32H,4,6-11,13H2,1H3,(H,29,31). The second kappa shape index (κ2) is 11.9. The fourth-order valence-corrected chi connectivity index (χ4v) is 6.76. The van der Waals surface area contributed by atoms with Gasteiger partial charge >= 0.3 is 0 Å². The van der Waals surface area contributed by atoms with Crippen LogP contribution in [0.3, 0.4) is 0 Å². The van der Waals surface area contributed by atoms with Crippen molar-refractivity contribution in [2.75, 3.05) is 32.5 Å². The van der Waals surface area contributed by atoms with E-state index < -0.39 is 17.5 Å². The minimum absolute atomic E-state index is 0.109. The summed E-state index contributed by atoms with van der Waals surface area (Å²) >= 11 is 9.88. The molecule has 1 aliphatic rings. The Morgan fingerprint density at radius 3 is 2.89 bits per heavy atom. The predicted molar refractivity (Wildman–Crippen MR) is 139 cm³/mol. The summed E-state index contributed by atoms with van der Waals surface area (Å²) in [6.07, 6.45) is 1.62. The number of ether oxygens (including phenoxy) is 1. The van der Waals surface area contributed by atoms with Crippen LogP contribution in [0.2, 0.25) is 5.02 Å². The zero-order valence-corrected chi connectivity index (χ0v) is 21.9. The van der Waals surface area contributed by atoms with E-state index in [0.29, 0.717) is 41.5 Å². The van der Waals surface area contributed by atoms with Crippen LogP contribution in [0.4, 0.5) is 4.39 Å². The van der Waals surface area contributed by atoms with Crippen molar-refractivity contribution in [3.63, 3.8) is 0 Å². The molecule has 1 atom stereocenters.